The van der Waals surface area contributed by atoms with Crippen LogP contribution in [0.4, 0.5) is 10.5 Å². The zero-order valence-electron chi connectivity index (χ0n) is 17.0. The zero-order chi connectivity index (χ0) is 22.5. The summed E-state index contributed by atoms with van der Waals surface area (Å²) < 4.78 is 5.21. The summed E-state index contributed by atoms with van der Waals surface area (Å²) >= 11 is 0. The lowest BCUT2D eigenvalue weighted by Gasteiger charge is -2.20. The van der Waals surface area contributed by atoms with E-state index in [-0.39, 0.29) is 25.9 Å². The molecule has 1 atom stereocenters. The number of benzene rings is 2. The Labute approximate surface area is 183 Å². The molecule has 3 amide bonds. The second kappa shape index (κ2) is 9.34. The molecule has 0 saturated carbocycles. The quantitative estimate of drug-likeness (QED) is 0.670. The van der Waals surface area contributed by atoms with Gasteiger partial charge in [0.1, 0.15) is 12.6 Å². The van der Waals surface area contributed by atoms with E-state index in [1.54, 1.807) is 18.3 Å². The van der Waals surface area contributed by atoms with Crippen LogP contribution in [0.15, 0.2) is 60.8 Å². The molecule has 2 aromatic rings. The van der Waals surface area contributed by atoms with Crippen molar-refractivity contribution in [2.75, 3.05) is 0 Å². The van der Waals surface area contributed by atoms with Crippen LogP contribution >= 0.6 is 0 Å². The molecule has 1 N–H and O–H groups in total. The van der Waals surface area contributed by atoms with E-state index in [0.717, 1.165) is 16.8 Å². The summed E-state index contributed by atoms with van der Waals surface area (Å²) in [5.74, 6) is -2.15. The van der Waals surface area contributed by atoms with Gasteiger partial charge >= 0.3 is 12.1 Å². The number of amides is 3. The predicted octanol–water partition coefficient (Wildman–Crippen LogP) is 2.57. The molecular formula is C23H20N3O6. The Bertz CT molecular complexity index is 1070. The molecule has 1 fully saturated rings. The fraction of sp³-hybridized carbons (Fsp3) is 0.217. The van der Waals surface area contributed by atoms with E-state index in [0.29, 0.717) is 10.6 Å². The SMILES string of the molecule is O=C(N[C@H](CC1=C[N]c2ccccc21)C(=O)ON1C(=O)CCC1=O)OCc1ccccc1. The number of carbonyl (C=O) groups excluding carboxylic acids is 4. The van der Waals surface area contributed by atoms with E-state index in [9.17, 15) is 19.2 Å². The van der Waals surface area contributed by atoms with Crippen molar-refractivity contribution in [3.05, 3.63) is 71.9 Å². The molecule has 2 aliphatic heterocycles. The molecule has 163 valence electrons. The Morgan fingerprint density at radius 3 is 2.44 bits per heavy atom. The van der Waals surface area contributed by atoms with Crippen LogP contribution in [0, 0.1) is 0 Å². The van der Waals surface area contributed by atoms with Gasteiger partial charge in [-0.2, -0.15) is 0 Å². The van der Waals surface area contributed by atoms with Crippen molar-refractivity contribution in [3.8, 4) is 0 Å². The van der Waals surface area contributed by atoms with E-state index >= 15 is 0 Å². The largest absolute Gasteiger partial charge is 0.445 e. The van der Waals surface area contributed by atoms with Gasteiger partial charge in [0.2, 0.25) is 0 Å². The monoisotopic (exact) mass is 434 g/mol. The molecular weight excluding hydrogens is 414 g/mol. The molecule has 0 unspecified atom stereocenters. The fourth-order valence-corrected chi connectivity index (χ4v) is 3.37. The molecule has 9 nitrogen and oxygen atoms in total. The highest BCUT2D eigenvalue weighted by Crippen LogP contribution is 2.33. The maximum Gasteiger partial charge on any atom is 0.408 e. The first-order valence-electron chi connectivity index (χ1n) is 10.1. The Hall–Kier alpha value is -4.14. The van der Waals surface area contributed by atoms with E-state index in [1.165, 1.54) is 0 Å². The number of para-hydroxylation sites is 1. The fourth-order valence-electron chi connectivity index (χ4n) is 3.37. The molecule has 1 saturated heterocycles. The van der Waals surface area contributed by atoms with Crippen molar-refractivity contribution in [2.24, 2.45) is 0 Å². The molecule has 9 heteroatoms. The second-order valence-corrected chi connectivity index (χ2v) is 7.26. The number of hydrogen-bond donors (Lipinski definition) is 1. The van der Waals surface area contributed by atoms with Crippen molar-refractivity contribution < 1.29 is 28.8 Å². The molecule has 0 aliphatic carbocycles. The third kappa shape index (κ3) is 4.77. The van der Waals surface area contributed by atoms with Gasteiger partial charge in [-0.3, -0.25) is 14.9 Å². The zero-order valence-corrected chi connectivity index (χ0v) is 17.0. The van der Waals surface area contributed by atoms with Crippen molar-refractivity contribution in [2.45, 2.75) is 31.9 Å². The van der Waals surface area contributed by atoms with Crippen molar-refractivity contribution in [1.29, 1.82) is 0 Å². The highest BCUT2D eigenvalue weighted by Gasteiger charge is 2.36. The lowest BCUT2D eigenvalue weighted by Crippen LogP contribution is -2.45. The number of alkyl carbamates (subject to hydrolysis) is 1. The van der Waals surface area contributed by atoms with Crippen molar-refractivity contribution >= 4 is 35.1 Å². The van der Waals surface area contributed by atoms with Gasteiger partial charge in [0, 0.05) is 31.0 Å². The summed E-state index contributed by atoms with van der Waals surface area (Å²) in [6.45, 7) is 0.0123. The summed E-state index contributed by atoms with van der Waals surface area (Å²) in [7, 11) is 0. The van der Waals surface area contributed by atoms with Crippen molar-refractivity contribution in [3.63, 3.8) is 0 Å². The van der Waals surface area contributed by atoms with Gasteiger partial charge < -0.3 is 14.9 Å². The van der Waals surface area contributed by atoms with Gasteiger partial charge in [0.05, 0.1) is 5.69 Å². The topological polar surface area (TPSA) is 116 Å². The number of nitrogens with one attached hydrogen (secondary N) is 1. The third-order valence-electron chi connectivity index (χ3n) is 5.01. The standard InChI is InChI=1S/C23H20N3O6/c27-20-10-11-21(28)26(20)32-22(29)19(12-16-13-24-18-9-5-4-8-17(16)18)25-23(30)31-14-15-6-2-1-3-7-15/h1-9,13,19H,10-12,14H2,(H,25,30)/t19-/m1/s1. The molecule has 1 radical (unpaired) electrons. The van der Waals surface area contributed by atoms with Gasteiger partial charge in [-0.15, -0.1) is 5.06 Å². The lowest BCUT2D eigenvalue weighted by molar-refractivity contribution is -0.198. The molecule has 2 heterocycles. The minimum absolute atomic E-state index is 0.0123. The van der Waals surface area contributed by atoms with Gasteiger partial charge in [0.25, 0.3) is 11.8 Å². The molecule has 0 spiro atoms. The van der Waals surface area contributed by atoms with Crippen LogP contribution in [0.5, 0.6) is 0 Å². The van der Waals surface area contributed by atoms with E-state index in [1.807, 2.05) is 42.5 Å². The van der Waals surface area contributed by atoms with Crippen molar-refractivity contribution in [1.82, 2.24) is 15.7 Å². The molecule has 2 aromatic carbocycles. The first-order valence-corrected chi connectivity index (χ1v) is 10.1. The number of ether oxygens (including phenoxy) is 1. The molecule has 2 aliphatic rings. The first kappa shape index (κ1) is 21.1. The third-order valence-corrected chi connectivity index (χ3v) is 5.01. The summed E-state index contributed by atoms with van der Waals surface area (Å²) in [5.41, 5.74) is 3.04. The van der Waals surface area contributed by atoms with Gasteiger partial charge in [-0.05, 0) is 17.2 Å². The van der Waals surface area contributed by atoms with Gasteiger partial charge in [-0.25, -0.2) is 9.59 Å². The predicted molar refractivity (Wildman–Crippen MR) is 112 cm³/mol. The molecule has 4 rings (SSSR count). The number of hydrogen-bond acceptors (Lipinski definition) is 6. The number of fused-ring (bicyclic) bond motifs is 1. The first-order chi connectivity index (χ1) is 15.5. The number of imide groups is 1. The minimum atomic E-state index is -1.20. The Balaban J connectivity index is 1.46. The average molecular weight is 434 g/mol. The number of rotatable bonds is 7. The Morgan fingerprint density at radius 1 is 1.00 bits per heavy atom. The summed E-state index contributed by atoms with van der Waals surface area (Å²) in [6, 6.07) is 15.2. The Kier molecular flexibility index (Phi) is 6.16. The molecule has 0 bridgehead atoms. The highest BCUT2D eigenvalue weighted by atomic mass is 16.7. The van der Waals surface area contributed by atoms with E-state index < -0.39 is 29.9 Å². The second-order valence-electron chi connectivity index (χ2n) is 7.26. The maximum atomic E-state index is 12.8. The van der Waals surface area contributed by atoms with Crippen LogP contribution in [0.2, 0.25) is 0 Å². The van der Waals surface area contributed by atoms with Crippen LogP contribution in [-0.4, -0.2) is 35.0 Å². The molecule has 32 heavy (non-hydrogen) atoms. The van der Waals surface area contributed by atoms with Crippen LogP contribution in [0.3, 0.4) is 0 Å². The number of nitrogens with zero attached hydrogens (tertiary/aromatic N) is 2. The normalized spacial score (nSPS) is 15.5. The highest BCUT2D eigenvalue weighted by molar-refractivity contribution is 6.02. The maximum absolute atomic E-state index is 12.8. The van der Waals surface area contributed by atoms with Gasteiger partial charge in [-0.1, -0.05) is 48.5 Å². The van der Waals surface area contributed by atoms with Gasteiger partial charge in [0.15, 0.2) is 0 Å². The van der Waals surface area contributed by atoms with Crippen LogP contribution in [-0.2, 0) is 30.6 Å². The van der Waals surface area contributed by atoms with E-state index in [4.69, 9.17) is 9.57 Å². The number of hydroxylamine groups is 2. The van der Waals surface area contributed by atoms with Crippen LogP contribution in [0.1, 0.15) is 30.4 Å². The minimum Gasteiger partial charge on any atom is -0.445 e. The summed E-state index contributed by atoms with van der Waals surface area (Å²) in [6.07, 6.45) is 0.754. The smallest absolute Gasteiger partial charge is 0.408 e. The number of carbonyl (C=O) groups is 4. The van der Waals surface area contributed by atoms with Crippen LogP contribution < -0.4 is 10.6 Å². The lowest BCUT2D eigenvalue weighted by atomic mass is 10.0. The summed E-state index contributed by atoms with van der Waals surface area (Å²) in [5, 5.41) is 7.23. The summed E-state index contributed by atoms with van der Waals surface area (Å²) in [4.78, 5) is 53.9. The molecule has 0 aromatic heterocycles. The Morgan fingerprint density at radius 2 is 1.69 bits per heavy atom. The van der Waals surface area contributed by atoms with Crippen LogP contribution in [0.25, 0.3) is 5.57 Å². The van der Waals surface area contributed by atoms with E-state index in [2.05, 4.69) is 10.6 Å². The average Bonchev–Trinajstić information content (AvgIpc) is 3.36.